The molecule has 1 fully saturated rings. The number of guanidine groups is 2. The van der Waals surface area contributed by atoms with Gasteiger partial charge in [0, 0.05) is 12.1 Å². The average Bonchev–Trinajstić information content (AvgIpc) is 3.07. The van der Waals surface area contributed by atoms with Crippen molar-refractivity contribution in [1.82, 2.24) is 31.9 Å². The Bertz CT molecular complexity index is 1710. The van der Waals surface area contributed by atoms with Crippen LogP contribution >= 0.6 is 0 Å². The quantitative estimate of drug-likeness (QED) is 0.0775. The molecule has 18 N–H and O–H groups in total. The molecule has 20 nitrogen and oxygen atoms in total. The fourth-order valence-electron chi connectivity index (χ4n) is 8.96. The van der Waals surface area contributed by atoms with Gasteiger partial charge in [-0.3, -0.25) is 28.8 Å². The molecule has 368 valence electrons. The maximum atomic E-state index is 14.8. The van der Waals surface area contributed by atoms with Crippen LogP contribution in [0.3, 0.4) is 0 Å². The van der Waals surface area contributed by atoms with E-state index in [4.69, 9.17) is 34.4 Å². The zero-order valence-electron chi connectivity index (χ0n) is 41.5. The summed E-state index contributed by atoms with van der Waals surface area (Å²) in [6, 6.07) is -6.36. The Morgan fingerprint density at radius 1 is 0.688 bits per heavy atom. The monoisotopic (exact) mass is 907 g/mol. The van der Waals surface area contributed by atoms with Crippen LogP contribution in [0.25, 0.3) is 0 Å². The van der Waals surface area contributed by atoms with Gasteiger partial charge in [0.05, 0.1) is 16.6 Å². The minimum absolute atomic E-state index is 0.000476. The third-order valence-corrected chi connectivity index (χ3v) is 11.2. The Kier molecular flexibility index (Phi) is 20.1. The van der Waals surface area contributed by atoms with Crippen LogP contribution in [0, 0.1) is 22.7 Å². The molecule has 8 unspecified atom stereocenters. The van der Waals surface area contributed by atoms with Crippen molar-refractivity contribution in [2.45, 2.75) is 201 Å². The first-order valence-electron chi connectivity index (χ1n) is 22.4. The predicted molar refractivity (Wildman–Crippen MR) is 253 cm³/mol. The lowest BCUT2D eigenvalue weighted by Gasteiger charge is -2.41. The number of aliphatic imine (C=N–C) groups is 2. The van der Waals surface area contributed by atoms with Crippen LogP contribution < -0.4 is 66.3 Å². The first kappa shape index (κ1) is 57.3. The van der Waals surface area contributed by atoms with E-state index in [1.54, 1.807) is 62.3 Å². The number of amides is 6. The van der Waals surface area contributed by atoms with Crippen molar-refractivity contribution in [3.8, 4) is 0 Å². The van der Waals surface area contributed by atoms with Crippen LogP contribution in [0.1, 0.15) is 149 Å². The fourth-order valence-corrected chi connectivity index (χ4v) is 8.96. The standard InChI is InChI=1S/C44H86N14O6/c1-16-25(4)28-33(61)55-29(40(8,9)22-41(10,11)57-37(45)46)34(62)52-27(20-24(2)3)31(59)51-19-17-18-26(53-36(64)44(15,50)21-39(5,6)7)32(60)56-30(35(63)54-28)43(14,49)23-42(12,13)58-38(47)48/h24-30H,16-23,49-50H2,1-15H3,(H,51,59)(H,52,62)(H,53,64)(H,54,63)(H,55,61)(H,56,60)(H4,45,46,57)(H4,47,48,58). The van der Waals surface area contributed by atoms with Crippen LogP contribution in [-0.2, 0) is 28.8 Å². The minimum atomic E-state index is -1.59. The second-order valence-corrected chi connectivity index (χ2v) is 22.1. The van der Waals surface area contributed by atoms with Gasteiger partial charge in [-0.15, -0.1) is 0 Å². The van der Waals surface area contributed by atoms with E-state index in [1.807, 2.05) is 41.5 Å². The molecule has 0 spiro atoms. The summed E-state index contributed by atoms with van der Waals surface area (Å²) in [5, 5.41) is 17.1. The number of carbonyl (C=O) groups is 6. The molecule has 0 aliphatic carbocycles. The van der Waals surface area contributed by atoms with Gasteiger partial charge >= 0.3 is 0 Å². The molecule has 0 bridgehead atoms. The molecule has 8 atom stereocenters. The lowest BCUT2D eigenvalue weighted by atomic mass is 9.74. The molecule has 1 aliphatic heterocycles. The molecule has 20 heteroatoms. The number of hydrogen-bond acceptors (Lipinski definition) is 10. The third-order valence-electron chi connectivity index (χ3n) is 11.2. The first-order valence-corrected chi connectivity index (χ1v) is 22.4. The van der Waals surface area contributed by atoms with Gasteiger partial charge in [-0.05, 0) is 103 Å². The number of hydrogen-bond donors (Lipinski definition) is 12. The first-order chi connectivity index (χ1) is 28.8. The molecule has 0 radical (unpaired) electrons. The molecule has 1 saturated heterocycles. The fraction of sp³-hybridized carbons (Fsp3) is 0.818. The van der Waals surface area contributed by atoms with Gasteiger partial charge in [-0.2, -0.15) is 0 Å². The van der Waals surface area contributed by atoms with Crippen LogP contribution in [0.2, 0.25) is 0 Å². The summed E-state index contributed by atoms with van der Waals surface area (Å²) in [5.41, 5.74) is 30.2. The molecule has 0 saturated carbocycles. The molecule has 6 amide bonds. The Morgan fingerprint density at radius 2 is 1.19 bits per heavy atom. The molecule has 64 heavy (non-hydrogen) atoms. The highest BCUT2D eigenvalue weighted by Gasteiger charge is 2.46. The van der Waals surface area contributed by atoms with Crippen molar-refractivity contribution < 1.29 is 28.8 Å². The summed E-state index contributed by atoms with van der Waals surface area (Å²) in [4.78, 5) is 95.0. The van der Waals surface area contributed by atoms with E-state index in [-0.39, 0.29) is 68.3 Å². The highest BCUT2D eigenvalue weighted by Crippen LogP contribution is 2.34. The molecule has 1 rings (SSSR count). The maximum absolute atomic E-state index is 14.8. The summed E-state index contributed by atoms with van der Waals surface area (Å²) < 4.78 is 0. The van der Waals surface area contributed by atoms with Gasteiger partial charge in [-0.1, -0.05) is 68.7 Å². The minimum Gasteiger partial charge on any atom is -0.370 e. The van der Waals surface area contributed by atoms with Crippen molar-refractivity contribution in [3.63, 3.8) is 0 Å². The summed E-state index contributed by atoms with van der Waals surface area (Å²) in [7, 11) is 0. The zero-order valence-corrected chi connectivity index (χ0v) is 41.5. The average molecular weight is 907 g/mol. The van der Waals surface area contributed by atoms with Crippen molar-refractivity contribution in [2.24, 2.45) is 67.1 Å². The van der Waals surface area contributed by atoms with E-state index in [1.165, 1.54) is 0 Å². The Morgan fingerprint density at radius 3 is 1.67 bits per heavy atom. The summed E-state index contributed by atoms with van der Waals surface area (Å²) in [5.74, 6) is -4.95. The number of rotatable bonds is 15. The van der Waals surface area contributed by atoms with Gasteiger partial charge in [0.1, 0.15) is 30.2 Å². The number of nitrogens with one attached hydrogen (secondary N) is 6. The highest BCUT2D eigenvalue weighted by molar-refractivity contribution is 5.98. The van der Waals surface area contributed by atoms with Crippen LogP contribution in [0.15, 0.2) is 9.98 Å². The lowest BCUT2D eigenvalue weighted by molar-refractivity contribution is -0.138. The summed E-state index contributed by atoms with van der Waals surface area (Å²) >= 11 is 0. The lowest BCUT2D eigenvalue weighted by Crippen LogP contribution is -2.69. The SMILES string of the molecule is CCC(C)C1NC(=O)C(C(C)(N)CC(C)(C)N=C(N)N)NC(=O)C(NC(=O)C(C)(N)CC(C)(C)C)CCCNC(=O)C(CC(C)C)NC(=O)C(C(C)(C)CC(C)(C)N=C(N)N)NC1=O. The molecule has 0 aromatic rings. The largest absolute Gasteiger partial charge is 0.370 e. The topological polar surface area (TPSA) is 355 Å². The molecule has 1 aliphatic rings. The predicted octanol–water partition coefficient (Wildman–Crippen LogP) is 0.194. The Balaban J connectivity index is 4.14. The van der Waals surface area contributed by atoms with Gasteiger partial charge in [0.15, 0.2) is 11.9 Å². The number of nitrogens with zero attached hydrogens (tertiary/aromatic N) is 2. The Hall–Kier alpha value is -4.72. The van der Waals surface area contributed by atoms with Crippen molar-refractivity contribution in [1.29, 1.82) is 0 Å². The van der Waals surface area contributed by atoms with Gasteiger partial charge in [0.25, 0.3) is 0 Å². The highest BCUT2D eigenvalue weighted by atomic mass is 16.2. The van der Waals surface area contributed by atoms with Crippen LogP contribution in [-0.4, -0.2) is 106 Å². The number of nitrogens with two attached hydrogens (primary N) is 6. The van der Waals surface area contributed by atoms with Gasteiger partial charge in [-0.25, -0.2) is 9.98 Å². The second kappa shape index (κ2) is 22.5. The molecule has 0 aromatic heterocycles. The third kappa shape index (κ3) is 18.8. The van der Waals surface area contributed by atoms with E-state index < -0.39 is 99.1 Å². The van der Waals surface area contributed by atoms with E-state index in [9.17, 15) is 28.8 Å². The zero-order chi connectivity index (χ0) is 50.0. The molecular weight excluding hydrogens is 821 g/mol. The van der Waals surface area contributed by atoms with Crippen molar-refractivity contribution >= 4 is 47.4 Å². The second-order valence-electron chi connectivity index (χ2n) is 22.1. The van der Waals surface area contributed by atoms with Gasteiger partial charge in [0.2, 0.25) is 35.4 Å². The molecular formula is C44H86N14O6. The van der Waals surface area contributed by atoms with Gasteiger partial charge < -0.3 is 66.3 Å². The Labute approximate surface area is 382 Å². The number of carbonyl (C=O) groups excluding carboxylic acids is 6. The smallest absolute Gasteiger partial charge is 0.245 e. The van der Waals surface area contributed by atoms with Crippen molar-refractivity contribution in [3.05, 3.63) is 0 Å². The summed E-state index contributed by atoms with van der Waals surface area (Å²) in [6.45, 7) is 26.9. The summed E-state index contributed by atoms with van der Waals surface area (Å²) in [6.07, 6.45) is 1.26. The van der Waals surface area contributed by atoms with E-state index in [0.717, 1.165) is 0 Å². The molecule has 1 heterocycles. The van der Waals surface area contributed by atoms with E-state index in [2.05, 4.69) is 41.9 Å². The van der Waals surface area contributed by atoms with Crippen molar-refractivity contribution in [2.75, 3.05) is 6.54 Å². The van der Waals surface area contributed by atoms with Crippen LogP contribution in [0.4, 0.5) is 0 Å². The van der Waals surface area contributed by atoms with Crippen LogP contribution in [0.5, 0.6) is 0 Å². The van der Waals surface area contributed by atoms with E-state index >= 15 is 0 Å². The normalized spacial score (nSPS) is 24.2. The molecule has 0 aromatic carbocycles. The maximum Gasteiger partial charge on any atom is 0.245 e. The van der Waals surface area contributed by atoms with E-state index in [0.29, 0.717) is 6.42 Å².